The van der Waals surface area contributed by atoms with Crippen LogP contribution in [0.2, 0.25) is 5.02 Å². The Kier molecular flexibility index (Phi) is 6.98. The molecule has 5 nitrogen and oxygen atoms in total. The van der Waals surface area contributed by atoms with Crippen molar-refractivity contribution < 1.29 is 19.1 Å². The highest BCUT2D eigenvalue weighted by atomic mass is 35.5. The van der Waals surface area contributed by atoms with Crippen LogP contribution in [0.25, 0.3) is 16.8 Å². The van der Waals surface area contributed by atoms with E-state index < -0.39 is 0 Å². The number of benzene rings is 4. The number of carbonyl (C=O) groups excluding carboxylic acids is 2. The predicted octanol–water partition coefficient (Wildman–Crippen LogP) is 7.32. The van der Waals surface area contributed by atoms with E-state index in [1.165, 1.54) is 4.90 Å². The molecular formula is C29H22ClNO4S. The minimum Gasteiger partial charge on any atom is -0.493 e. The lowest BCUT2D eigenvalue weighted by molar-refractivity contribution is -0.123. The van der Waals surface area contributed by atoms with Crippen molar-refractivity contribution in [3.8, 4) is 11.5 Å². The zero-order valence-electron chi connectivity index (χ0n) is 19.4. The molecule has 0 atom stereocenters. The van der Waals surface area contributed by atoms with Gasteiger partial charge >= 0.3 is 0 Å². The normalized spacial score (nSPS) is 14.6. The number of fused-ring (bicyclic) bond motifs is 1. The summed E-state index contributed by atoms with van der Waals surface area (Å²) in [7, 11) is 1.56. The molecule has 1 heterocycles. The summed E-state index contributed by atoms with van der Waals surface area (Å²) < 4.78 is 11.4. The highest BCUT2D eigenvalue weighted by Gasteiger charge is 2.35. The van der Waals surface area contributed by atoms with E-state index in [1.807, 2.05) is 72.8 Å². The second-order valence-corrected chi connectivity index (χ2v) is 9.71. The first-order chi connectivity index (χ1) is 17.5. The Morgan fingerprint density at radius 3 is 2.50 bits per heavy atom. The Hall–Kier alpha value is -3.74. The highest BCUT2D eigenvalue weighted by Crippen LogP contribution is 2.35. The van der Waals surface area contributed by atoms with Crippen molar-refractivity contribution in [2.24, 2.45) is 0 Å². The number of rotatable bonds is 7. The molecule has 1 aliphatic rings. The number of imide groups is 1. The van der Waals surface area contributed by atoms with Crippen LogP contribution in [0.5, 0.6) is 11.5 Å². The largest absolute Gasteiger partial charge is 0.493 e. The van der Waals surface area contributed by atoms with Crippen LogP contribution in [-0.4, -0.2) is 23.2 Å². The third-order valence-corrected chi connectivity index (χ3v) is 6.94. The van der Waals surface area contributed by atoms with E-state index in [9.17, 15) is 9.59 Å². The molecule has 2 amide bonds. The molecule has 7 heteroatoms. The Morgan fingerprint density at radius 1 is 0.861 bits per heavy atom. The molecule has 36 heavy (non-hydrogen) atoms. The zero-order valence-corrected chi connectivity index (χ0v) is 21.0. The Morgan fingerprint density at radius 2 is 1.69 bits per heavy atom. The second-order valence-electron chi connectivity index (χ2n) is 8.28. The van der Waals surface area contributed by atoms with Crippen molar-refractivity contribution in [1.29, 1.82) is 0 Å². The number of hydrogen-bond acceptors (Lipinski definition) is 5. The van der Waals surface area contributed by atoms with Crippen molar-refractivity contribution in [3.05, 3.63) is 112 Å². The molecule has 0 N–H and O–H groups in total. The Bertz CT molecular complexity index is 1500. The average molecular weight is 516 g/mol. The van der Waals surface area contributed by atoms with E-state index in [0.29, 0.717) is 28.0 Å². The fourth-order valence-electron chi connectivity index (χ4n) is 3.99. The molecule has 1 aliphatic heterocycles. The van der Waals surface area contributed by atoms with Crippen LogP contribution in [0, 0.1) is 0 Å². The molecule has 0 saturated carbocycles. The molecule has 4 aromatic rings. The quantitative estimate of drug-likeness (QED) is 0.241. The van der Waals surface area contributed by atoms with Crippen LogP contribution < -0.4 is 9.47 Å². The van der Waals surface area contributed by atoms with Crippen LogP contribution >= 0.6 is 23.4 Å². The summed E-state index contributed by atoms with van der Waals surface area (Å²) in [5.41, 5.74) is 2.58. The third-order valence-electron chi connectivity index (χ3n) is 5.80. The van der Waals surface area contributed by atoms with Gasteiger partial charge in [0.2, 0.25) is 0 Å². The number of methoxy groups -OCH3 is 1. The van der Waals surface area contributed by atoms with Crippen molar-refractivity contribution in [2.75, 3.05) is 7.11 Å². The molecule has 1 fully saturated rings. The van der Waals surface area contributed by atoms with Gasteiger partial charge in [0.25, 0.3) is 11.1 Å². The third kappa shape index (κ3) is 5.25. The van der Waals surface area contributed by atoms with Crippen molar-refractivity contribution in [2.45, 2.75) is 13.2 Å². The molecule has 5 rings (SSSR count). The summed E-state index contributed by atoms with van der Waals surface area (Å²) in [6.07, 6.45) is 1.70. The van der Waals surface area contributed by atoms with Gasteiger partial charge in [-0.05, 0) is 75.6 Å². The van der Waals surface area contributed by atoms with Gasteiger partial charge in [-0.2, -0.15) is 0 Å². The van der Waals surface area contributed by atoms with Gasteiger partial charge in [-0.1, -0.05) is 66.2 Å². The predicted molar refractivity (Wildman–Crippen MR) is 144 cm³/mol. The molecule has 0 radical (unpaired) electrons. The van der Waals surface area contributed by atoms with Crippen molar-refractivity contribution >= 4 is 51.4 Å². The van der Waals surface area contributed by atoms with E-state index in [1.54, 1.807) is 25.3 Å². The van der Waals surface area contributed by atoms with Gasteiger partial charge in [0.05, 0.1) is 18.6 Å². The van der Waals surface area contributed by atoms with Gasteiger partial charge in [-0.15, -0.1) is 0 Å². The van der Waals surface area contributed by atoms with E-state index in [0.717, 1.165) is 39.2 Å². The van der Waals surface area contributed by atoms with Crippen LogP contribution in [0.15, 0.2) is 89.8 Å². The maximum atomic E-state index is 13.0. The zero-order chi connectivity index (χ0) is 25.1. The topological polar surface area (TPSA) is 55.8 Å². The van der Waals surface area contributed by atoms with Crippen LogP contribution in [0.4, 0.5) is 4.79 Å². The molecule has 180 valence electrons. The van der Waals surface area contributed by atoms with Crippen molar-refractivity contribution in [3.63, 3.8) is 0 Å². The summed E-state index contributed by atoms with van der Waals surface area (Å²) in [4.78, 5) is 27.3. The average Bonchev–Trinajstić information content (AvgIpc) is 3.15. The number of halogens is 1. The molecule has 0 aliphatic carbocycles. The number of hydrogen-bond donors (Lipinski definition) is 0. The lowest BCUT2D eigenvalue weighted by Crippen LogP contribution is -2.27. The van der Waals surface area contributed by atoms with Gasteiger partial charge in [0.15, 0.2) is 11.5 Å². The van der Waals surface area contributed by atoms with Gasteiger partial charge in [0, 0.05) is 5.02 Å². The molecule has 0 bridgehead atoms. The fourth-order valence-corrected chi connectivity index (χ4v) is 5.04. The summed E-state index contributed by atoms with van der Waals surface area (Å²) in [5.74, 6) is 0.790. The van der Waals surface area contributed by atoms with Gasteiger partial charge < -0.3 is 9.47 Å². The minimum atomic E-state index is -0.307. The monoisotopic (exact) mass is 515 g/mol. The first kappa shape index (κ1) is 24.0. The first-order valence-electron chi connectivity index (χ1n) is 11.3. The number of ether oxygens (including phenoxy) is 2. The summed E-state index contributed by atoms with van der Waals surface area (Å²) in [5, 5.41) is 2.55. The van der Waals surface area contributed by atoms with Crippen LogP contribution in [0.3, 0.4) is 0 Å². The number of thioether (sulfide) groups is 1. The Labute approximate surface area is 218 Å². The van der Waals surface area contributed by atoms with Crippen LogP contribution in [0.1, 0.15) is 16.7 Å². The lowest BCUT2D eigenvalue weighted by atomic mass is 10.1. The van der Waals surface area contributed by atoms with Gasteiger partial charge in [0.1, 0.15) is 6.61 Å². The Balaban J connectivity index is 1.31. The highest BCUT2D eigenvalue weighted by molar-refractivity contribution is 8.18. The molecule has 0 unspecified atom stereocenters. The van der Waals surface area contributed by atoms with E-state index in [-0.39, 0.29) is 17.7 Å². The first-order valence-corrected chi connectivity index (χ1v) is 12.5. The molecule has 1 saturated heterocycles. The second kappa shape index (κ2) is 10.5. The smallest absolute Gasteiger partial charge is 0.293 e. The summed E-state index contributed by atoms with van der Waals surface area (Å²) in [6.45, 7) is 0.566. The molecular weight excluding hydrogens is 494 g/mol. The SMILES string of the molecule is COc1cc(/C=C2\SC(=O)N(Cc3ccc4ccccc4c3)C2=O)ccc1OCc1cccc(Cl)c1. The van der Waals surface area contributed by atoms with E-state index >= 15 is 0 Å². The summed E-state index contributed by atoms with van der Waals surface area (Å²) in [6, 6.07) is 26.8. The van der Waals surface area contributed by atoms with E-state index in [4.69, 9.17) is 21.1 Å². The van der Waals surface area contributed by atoms with Crippen molar-refractivity contribution in [1.82, 2.24) is 4.90 Å². The molecule has 4 aromatic carbocycles. The number of amides is 2. The standard InChI is InChI=1S/C29H22ClNO4S/c1-34-26-15-19(10-12-25(26)35-18-21-5-4-8-24(30)14-21)16-27-28(32)31(29(33)36-27)17-20-9-11-22-6-2-3-7-23(22)13-20/h2-16H,17-18H2,1H3/b27-16-. The van der Waals surface area contributed by atoms with Gasteiger partial charge in [-0.25, -0.2) is 0 Å². The lowest BCUT2D eigenvalue weighted by Gasteiger charge is -2.13. The number of nitrogens with zero attached hydrogens (tertiary/aromatic N) is 1. The maximum absolute atomic E-state index is 13.0. The summed E-state index contributed by atoms with van der Waals surface area (Å²) >= 11 is 6.98. The van der Waals surface area contributed by atoms with Crippen LogP contribution in [-0.2, 0) is 17.9 Å². The minimum absolute atomic E-state index is 0.229. The van der Waals surface area contributed by atoms with E-state index in [2.05, 4.69) is 0 Å². The molecule has 0 aromatic heterocycles. The van der Waals surface area contributed by atoms with Gasteiger partial charge in [-0.3, -0.25) is 14.5 Å². The molecule has 0 spiro atoms. The fraction of sp³-hybridized carbons (Fsp3) is 0.103. The maximum Gasteiger partial charge on any atom is 0.293 e. The number of carbonyl (C=O) groups is 2.